The van der Waals surface area contributed by atoms with E-state index in [-0.39, 0.29) is 0 Å². The normalized spacial score (nSPS) is 21.4. The van der Waals surface area contributed by atoms with Gasteiger partial charge in [-0.3, -0.25) is 0 Å². The zero-order valence-electron chi connectivity index (χ0n) is 9.19. The zero-order valence-corrected chi connectivity index (χ0v) is 9.19. The Morgan fingerprint density at radius 1 is 1.31 bits per heavy atom. The summed E-state index contributed by atoms with van der Waals surface area (Å²) in [6.07, 6.45) is 7.73. The largest absolute Gasteiger partial charge is 0.398 e. The van der Waals surface area contributed by atoms with E-state index in [2.05, 4.69) is 16.5 Å². The fraction of sp³-hybridized carbons (Fsp3) is 0.417. The molecule has 3 rings (SSSR count). The third-order valence-electron chi connectivity index (χ3n) is 3.16. The molecule has 1 aliphatic rings. The number of nitrogen functional groups attached to an aromatic ring is 1. The second-order valence-electron chi connectivity index (χ2n) is 4.40. The highest BCUT2D eigenvalue weighted by Gasteiger charge is 2.17. The first-order valence-corrected chi connectivity index (χ1v) is 5.80. The van der Waals surface area contributed by atoms with Gasteiger partial charge in [0.2, 0.25) is 0 Å². The number of piperidine rings is 1. The fourth-order valence-corrected chi connectivity index (χ4v) is 2.30. The summed E-state index contributed by atoms with van der Waals surface area (Å²) in [5.41, 5.74) is 8.62. The average molecular weight is 216 g/mol. The monoisotopic (exact) mass is 216 g/mol. The van der Waals surface area contributed by atoms with Crippen LogP contribution in [0.4, 0.5) is 5.69 Å². The Bertz CT molecular complexity index is 497. The van der Waals surface area contributed by atoms with E-state index in [1.54, 1.807) is 0 Å². The number of pyridine rings is 1. The van der Waals surface area contributed by atoms with Gasteiger partial charge in [0.1, 0.15) is 5.65 Å². The smallest absolute Gasteiger partial charge is 0.137 e. The Kier molecular flexibility index (Phi) is 2.29. The molecule has 16 heavy (non-hydrogen) atoms. The summed E-state index contributed by atoms with van der Waals surface area (Å²) < 4.78 is 2.00. The van der Waals surface area contributed by atoms with Gasteiger partial charge in [0.15, 0.2) is 0 Å². The quantitative estimate of drug-likeness (QED) is 0.763. The molecule has 2 aromatic rings. The number of anilines is 1. The topological polar surface area (TPSA) is 55.3 Å². The van der Waals surface area contributed by atoms with Crippen molar-refractivity contribution in [3.05, 3.63) is 30.2 Å². The molecule has 0 aliphatic carbocycles. The van der Waals surface area contributed by atoms with Crippen LogP contribution in [0.15, 0.2) is 24.5 Å². The molecule has 1 saturated heterocycles. The highest BCUT2D eigenvalue weighted by atomic mass is 15.0. The van der Waals surface area contributed by atoms with E-state index in [1.165, 1.54) is 19.3 Å². The van der Waals surface area contributed by atoms with Crippen molar-refractivity contribution in [3.8, 4) is 0 Å². The molecule has 3 N–H and O–H groups in total. The standard InChI is InChI=1S/C12H16N4/c13-9-4-5-12-15-11(8-16(12)7-9)10-3-1-2-6-14-10/h4-5,7-8,10,14H,1-3,6,13H2. The molecule has 3 heterocycles. The zero-order chi connectivity index (χ0) is 11.0. The van der Waals surface area contributed by atoms with E-state index in [4.69, 9.17) is 5.73 Å². The van der Waals surface area contributed by atoms with Crippen LogP contribution in [0.1, 0.15) is 31.0 Å². The number of rotatable bonds is 1. The molecule has 0 radical (unpaired) electrons. The first-order chi connectivity index (χ1) is 7.83. The molecule has 1 atom stereocenters. The molecule has 84 valence electrons. The SMILES string of the molecule is Nc1ccc2nc(C3CCCCN3)cn2c1. The Morgan fingerprint density at radius 3 is 3.06 bits per heavy atom. The van der Waals surface area contributed by atoms with Crippen LogP contribution in [0.2, 0.25) is 0 Å². The lowest BCUT2D eigenvalue weighted by Gasteiger charge is -2.21. The first kappa shape index (κ1) is 9.66. The predicted octanol–water partition coefficient (Wildman–Crippen LogP) is 1.73. The highest BCUT2D eigenvalue weighted by molar-refractivity contribution is 5.48. The van der Waals surface area contributed by atoms with Gasteiger partial charge in [-0.2, -0.15) is 0 Å². The van der Waals surface area contributed by atoms with Crippen LogP contribution in [0.5, 0.6) is 0 Å². The van der Waals surface area contributed by atoms with Crippen molar-refractivity contribution in [2.75, 3.05) is 12.3 Å². The van der Waals surface area contributed by atoms with Gasteiger partial charge in [-0.25, -0.2) is 4.98 Å². The van der Waals surface area contributed by atoms with E-state index >= 15 is 0 Å². The lowest BCUT2D eigenvalue weighted by Crippen LogP contribution is -2.26. The van der Waals surface area contributed by atoms with Crippen LogP contribution in [0.3, 0.4) is 0 Å². The number of nitrogens with zero attached hydrogens (tertiary/aromatic N) is 2. The van der Waals surface area contributed by atoms with Gasteiger partial charge in [-0.05, 0) is 31.5 Å². The van der Waals surface area contributed by atoms with E-state index in [1.807, 2.05) is 22.7 Å². The lowest BCUT2D eigenvalue weighted by atomic mass is 10.0. The third kappa shape index (κ3) is 1.65. The maximum absolute atomic E-state index is 5.75. The van der Waals surface area contributed by atoms with Gasteiger partial charge in [0.25, 0.3) is 0 Å². The molecule has 0 spiro atoms. The second kappa shape index (κ2) is 3.79. The summed E-state index contributed by atoms with van der Waals surface area (Å²) in [6, 6.07) is 4.26. The van der Waals surface area contributed by atoms with Crippen molar-refractivity contribution in [2.45, 2.75) is 25.3 Å². The molecule has 0 bridgehead atoms. The average Bonchev–Trinajstić information content (AvgIpc) is 2.73. The van der Waals surface area contributed by atoms with Gasteiger partial charge >= 0.3 is 0 Å². The molecule has 1 fully saturated rings. The molecular formula is C12H16N4. The van der Waals surface area contributed by atoms with Crippen molar-refractivity contribution >= 4 is 11.3 Å². The summed E-state index contributed by atoms with van der Waals surface area (Å²) in [7, 11) is 0. The molecule has 4 nitrogen and oxygen atoms in total. The predicted molar refractivity (Wildman–Crippen MR) is 64.2 cm³/mol. The van der Waals surface area contributed by atoms with E-state index < -0.39 is 0 Å². The number of hydrogen-bond acceptors (Lipinski definition) is 3. The number of aromatic nitrogens is 2. The Balaban J connectivity index is 1.97. The van der Waals surface area contributed by atoms with Crippen molar-refractivity contribution in [1.29, 1.82) is 0 Å². The van der Waals surface area contributed by atoms with Crippen molar-refractivity contribution in [2.24, 2.45) is 0 Å². The number of imidazole rings is 1. The maximum atomic E-state index is 5.75. The summed E-state index contributed by atoms with van der Waals surface area (Å²) in [6.45, 7) is 1.10. The number of nitrogens with one attached hydrogen (secondary N) is 1. The van der Waals surface area contributed by atoms with Gasteiger partial charge in [-0.1, -0.05) is 6.42 Å². The van der Waals surface area contributed by atoms with Crippen molar-refractivity contribution in [1.82, 2.24) is 14.7 Å². The lowest BCUT2D eigenvalue weighted by molar-refractivity contribution is 0.406. The first-order valence-electron chi connectivity index (χ1n) is 5.80. The maximum Gasteiger partial charge on any atom is 0.137 e. The molecule has 1 aliphatic heterocycles. The van der Waals surface area contributed by atoms with Gasteiger partial charge in [0.05, 0.1) is 11.7 Å². The molecule has 0 saturated carbocycles. The molecule has 2 aromatic heterocycles. The minimum atomic E-state index is 0.412. The van der Waals surface area contributed by atoms with E-state index in [9.17, 15) is 0 Å². The Labute approximate surface area is 94.5 Å². The van der Waals surface area contributed by atoms with Crippen LogP contribution in [0.25, 0.3) is 5.65 Å². The van der Waals surface area contributed by atoms with Crippen LogP contribution in [-0.2, 0) is 0 Å². The van der Waals surface area contributed by atoms with Crippen LogP contribution in [0, 0.1) is 0 Å². The van der Waals surface area contributed by atoms with Crippen LogP contribution < -0.4 is 11.1 Å². The third-order valence-corrected chi connectivity index (χ3v) is 3.16. The summed E-state index contributed by atoms with van der Waals surface area (Å²) >= 11 is 0. The van der Waals surface area contributed by atoms with Crippen LogP contribution in [-0.4, -0.2) is 15.9 Å². The van der Waals surface area contributed by atoms with E-state index in [0.717, 1.165) is 23.6 Å². The van der Waals surface area contributed by atoms with E-state index in [0.29, 0.717) is 6.04 Å². The molecule has 0 aromatic carbocycles. The number of fused-ring (bicyclic) bond motifs is 1. The second-order valence-corrected chi connectivity index (χ2v) is 4.40. The summed E-state index contributed by atoms with van der Waals surface area (Å²) in [5.74, 6) is 0. The molecular weight excluding hydrogens is 200 g/mol. The summed E-state index contributed by atoms with van der Waals surface area (Å²) in [5, 5.41) is 3.50. The van der Waals surface area contributed by atoms with Gasteiger partial charge < -0.3 is 15.5 Å². The van der Waals surface area contributed by atoms with Gasteiger partial charge in [0, 0.05) is 18.1 Å². The number of hydrogen-bond donors (Lipinski definition) is 2. The Morgan fingerprint density at radius 2 is 2.25 bits per heavy atom. The van der Waals surface area contributed by atoms with Crippen molar-refractivity contribution in [3.63, 3.8) is 0 Å². The molecule has 4 heteroatoms. The highest BCUT2D eigenvalue weighted by Crippen LogP contribution is 2.22. The number of nitrogens with two attached hydrogens (primary N) is 1. The minimum absolute atomic E-state index is 0.412. The minimum Gasteiger partial charge on any atom is -0.398 e. The molecule has 0 amide bonds. The summed E-state index contributed by atoms with van der Waals surface area (Å²) in [4.78, 5) is 4.62. The van der Waals surface area contributed by atoms with Crippen LogP contribution >= 0.6 is 0 Å². The fourth-order valence-electron chi connectivity index (χ4n) is 2.30. The Hall–Kier alpha value is -1.55. The van der Waals surface area contributed by atoms with Crippen molar-refractivity contribution < 1.29 is 0 Å². The van der Waals surface area contributed by atoms with Gasteiger partial charge in [-0.15, -0.1) is 0 Å². The molecule has 1 unspecified atom stereocenters.